The lowest BCUT2D eigenvalue weighted by atomic mass is 9.53. The summed E-state index contributed by atoms with van der Waals surface area (Å²) in [6.07, 6.45) is 12.6. The molecule has 0 radical (unpaired) electrons. The Labute approximate surface area is 101 Å². The molecule has 1 fully saturated rings. The molecule has 0 aromatic rings. The average molecular weight is 218 g/mol. The molecule has 0 aromatic heterocycles. The van der Waals surface area contributed by atoms with E-state index in [0.717, 1.165) is 17.8 Å². The van der Waals surface area contributed by atoms with Gasteiger partial charge in [-0.15, -0.1) is 0 Å². The van der Waals surface area contributed by atoms with Crippen LogP contribution in [0, 0.1) is 23.2 Å². The lowest BCUT2D eigenvalue weighted by Crippen LogP contribution is -2.43. The molecule has 2 aliphatic rings. The molecule has 1 saturated carbocycles. The predicted octanol–water partition coefficient (Wildman–Crippen LogP) is 4.97. The third-order valence-corrected chi connectivity index (χ3v) is 5.36. The summed E-state index contributed by atoms with van der Waals surface area (Å²) < 4.78 is 0. The van der Waals surface area contributed by atoms with Gasteiger partial charge in [0.2, 0.25) is 0 Å². The Morgan fingerprint density at radius 1 is 1.38 bits per heavy atom. The second kappa shape index (κ2) is 4.39. The van der Waals surface area contributed by atoms with Crippen molar-refractivity contribution in [1.82, 2.24) is 0 Å². The van der Waals surface area contributed by atoms with Crippen molar-refractivity contribution in [3.63, 3.8) is 0 Å². The normalized spacial score (nSPS) is 44.2. The molecule has 0 aliphatic heterocycles. The summed E-state index contributed by atoms with van der Waals surface area (Å²) in [5.41, 5.74) is 2.14. The van der Waals surface area contributed by atoms with E-state index in [9.17, 15) is 0 Å². The summed E-state index contributed by atoms with van der Waals surface area (Å²) in [4.78, 5) is 0. The Kier molecular flexibility index (Phi) is 3.28. The Balaban J connectivity index is 2.30. The van der Waals surface area contributed by atoms with Crippen molar-refractivity contribution in [3.05, 3.63) is 23.8 Å². The number of hydrogen-bond acceptors (Lipinski definition) is 0. The summed E-state index contributed by atoms with van der Waals surface area (Å²) in [5, 5.41) is 0. The number of rotatable bonds is 1. The molecule has 0 N–H and O–H groups in total. The Hall–Kier alpha value is -0.520. The smallest absolute Gasteiger partial charge is 0.0137 e. The summed E-state index contributed by atoms with van der Waals surface area (Å²) in [6, 6.07) is 0. The van der Waals surface area contributed by atoms with Crippen LogP contribution in [0.25, 0.3) is 0 Å². The van der Waals surface area contributed by atoms with Crippen molar-refractivity contribution in [2.24, 2.45) is 23.2 Å². The first-order valence-corrected chi connectivity index (χ1v) is 6.92. The first kappa shape index (κ1) is 12.0. The Morgan fingerprint density at radius 3 is 2.81 bits per heavy atom. The van der Waals surface area contributed by atoms with Gasteiger partial charge in [0.15, 0.2) is 0 Å². The van der Waals surface area contributed by atoms with E-state index in [4.69, 9.17) is 0 Å². The summed E-state index contributed by atoms with van der Waals surface area (Å²) in [7, 11) is 0. The van der Waals surface area contributed by atoms with Crippen LogP contribution in [-0.4, -0.2) is 0 Å². The molecule has 90 valence electrons. The van der Waals surface area contributed by atoms with E-state index in [1.54, 1.807) is 5.57 Å². The van der Waals surface area contributed by atoms with Gasteiger partial charge in [-0.1, -0.05) is 51.8 Å². The zero-order valence-electron chi connectivity index (χ0n) is 11.3. The van der Waals surface area contributed by atoms with Crippen molar-refractivity contribution >= 4 is 0 Å². The molecule has 0 saturated heterocycles. The molecule has 0 spiro atoms. The zero-order chi connectivity index (χ0) is 11.8. The van der Waals surface area contributed by atoms with Crippen LogP contribution in [0.4, 0.5) is 0 Å². The molecule has 0 aromatic carbocycles. The zero-order valence-corrected chi connectivity index (χ0v) is 11.3. The van der Waals surface area contributed by atoms with E-state index in [1.807, 2.05) is 0 Å². The minimum atomic E-state index is 0.557. The van der Waals surface area contributed by atoms with Crippen molar-refractivity contribution in [2.75, 3.05) is 0 Å². The highest BCUT2D eigenvalue weighted by Gasteiger charge is 2.45. The van der Waals surface area contributed by atoms with Crippen LogP contribution in [0.2, 0.25) is 0 Å². The minimum Gasteiger partial charge on any atom is -0.0874 e. The number of allylic oxidation sites excluding steroid dienone is 4. The third kappa shape index (κ3) is 1.77. The standard InChI is InChI=1S/C16H26/c1-5-7-14-9-10-15-12(2)8-6-11-16(15,4)13(14)3/h5,7,9,12-13,15H,6,8,10-11H2,1-4H3/b7-5+. The molecular formula is C16H26. The molecule has 4 unspecified atom stereocenters. The topological polar surface area (TPSA) is 0 Å². The summed E-state index contributed by atoms with van der Waals surface area (Å²) >= 11 is 0. The summed E-state index contributed by atoms with van der Waals surface area (Å²) in [6.45, 7) is 9.57. The van der Waals surface area contributed by atoms with Gasteiger partial charge >= 0.3 is 0 Å². The van der Waals surface area contributed by atoms with Gasteiger partial charge in [0.25, 0.3) is 0 Å². The first-order valence-electron chi connectivity index (χ1n) is 6.92. The number of fused-ring (bicyclic) bond motifs is 1. The predicted molar refractivity (Wildman–Crippen MR) is 71.3 cm³/mol. The summed E-state index contributed by atoms with van der Waals surface area (Å²) in [5.74, 6) is 2.58. The molecule has 2 rings (SSSR count). The largest absolute Gasteiger partial charge is 0.0874 e. The fourth-order valence-electron chi connectivity index (χ4n) is 4.11. The second-order valence-electron chi connectivity index (χ2n) is 6.14. The van der Waals surface area contributed by atoms with E-state index in [2.05, 4.69) is 45.9 Å². The van der Waals surface area contributed by atoms with Crippen molar-refractivity contribution in [1.29, 1.82) is 0 Å². The molecule has 0 amide bonds. The van der Waals surface area contributed by atoms with Gasteiger partial charge in [-0.05, 0) is 48.5 Å². The fraction of sp³-hybridized carbons (Fsp3) is 0.750. The monoisotopic (exact) mass is 218 g/mol. The van der Waals surface area contributed by atoms with Gasteiger partial charge in [-0.25, -0.2) is 0 Å². The molecule has 4 atom stereocenters. The van der Waals surface area contributed by atoms with Crippen molar-refractivity contribution < 1.29 is 0 Å². The maximum atomic E-state index is 2.54. The van der Waals surface area contributed by atoms with Gasteiger partial charge in [0.05, 0.1) is 0 Å². The third-order valence-electron chi connectivity index (χ3n) is 5.36. The molecule has 16 heavy (non-hydrogen) atoms. The van der Waals surface area contributed by atoms with Gasteiger partial charge < -0.3 is 0 Å². The second-order valence-corrected chi connectivity index (χ2v) is 6.14. The van der Waals surface area contributed by atoms with Crippen LogP contribution in [-0.2, 0) is 0 Å². The van der Waals surface area contributed by atoms with Crippen molar-refractivity contribution in [3.8, 4) is 0 Å². The maximum absolute atomic E-state index is 2.54. The molecule has 0 bridgehead atoms. The van der Waals surface area contributed by atoms with Crippen LogP contribution < -0.4 is 0 Å². The van der Waals surface area contributed by atoms with Gasteiger partial charge in [0.1, 0.15) is 0 Å². The van der Waals surface area contributed by atoms with Crippen LogP contribution in [0.15, 0.2) is 23.8 Å². The fourth-order valence-corrected chi connectivity index (χ4v) is 4.11. The molecule has 0 heteroatoms. The van der Waals surface area contributed by atoms with Crippen LogP contribution in [0.3, 0.4) is 0 Å². The van der Waals surface area contributed by atoms with E-state index in [-0.39, 0.29) is 0 Å². The quantitative estimate of drug-likeness (QED) is 0.583. The highest BCUT2D eigenvalue weighted by atomic mass is 14.5. The minimum absolute atomic E-state index is 0.557. The lowest BCUT2D eigenvalue weighted by molar-refractivity contribution is 0.0225. The van der Waals surface area contributed by atoms with Gasteiger partial charge in [-0.3, -0.25) is 0 Å². The average Bonchev–Trinajstić information content (AvgIpc) is 2.24. The Bertz CT molecular complexity index is 310. The van der Waals surface area contributed by atoms with Crippen molar-refractivity contribution in [2.45, 2.75) is 53.4 Å². The Morgan fingerprint density at radius 2 is 2.12 bits per heavy atom. The van der Waals surface area contributed by atoms with E-state index >= 15 is 0 Å². The highest BCUT2D eigenvalue weighted by molar-refractivity contribution is 5.27. The van der Waals surface area contributed by atoms with Crippen LogP contribution in [0.5, 0.6) is 0 Å². The highest BCUT2D eigenvalue weighted by Crippen LogP contribution is 2.55. The van der Waals surface area contributed by atoms with E-state index in [0.29, 0.717) is 5.41 Å². The molecular weight excluding hydrogens is 192 g/mol. The van der Waals surface area contributed by atoms with Gasteiger partial charge in [-0.2, -0.15) is 0 Å². The van der Waals surface area contributed by atoms with E-state index < -0.39 is 0 Å². The molecule has 0 heterocycles. The first-order chi connectivity index (χ1) is 7.59. The number of hydrogen-bond donors (Lipinski definition) is 0. The SMILES string of the molecule is C/C=C/C1=CCC2C(C)CCCC2(C)C1C. The molecule has 2 aliphatic carbocycles. The molecule has 0 nitrogen and oxygen atoms in total. The lowest BCUT2D eigenvalue weighted by Gasteiger charge is -2.51. The van der Waals surface area contributed by atoms with E-state index in [1.165, 1.54) is 25.7 Å². The van der Waals surface area contributed by atoms with Gasteiger partial charge in [0, 0.05) is 0 Å². The maximum Gasteiger partial charge on any atom is -0.0137 e. The van der Waals surface area contributed by atoms with Crippen LogP contribution >= 0.6 is 0 Å². The van der Waals surface area contributed by atoms with Crippen LogP contribution in [0.1, 0.15) is 53.4 Å².